The number of benzene rings is 1. The minimum atomic E-state index is -1.84. The molecule has 1 aromatic heterocycles. The second kappa shape index (κ2) is 8.40. The first-order valence-electron chi connectivity index (χ1n) is 6.50. The van der Waals surface area contributed by atoms with E-state index in [1.54, 1.807) is 6.07 Å². The van der Waals surface area contributed by atoms with Crippen LogP contribution in [0, 0.1) is 0 Å². The van der Waals surface area contributed by atoms with Crippen LogP contribution in [0.5, 0.6) is 0 Å². The number of halogens is 4. The van der Waals surface area contributed by atoms with E-state index in [-0.39, 0.29) is 10.9 Å². The highest BCUT2D eigenvalue weighted by Crippen LogP contribution is 2.29. The number of amides is 1. The van der Waals surface area contributed by atoms with Gasteiger partial charge < -0.3 is 20.4 Å². The molecule has 0 saturated carbocycles. The summed E-state index contributed by atoms with van der Waals surface area (Å²) in [5, 5.41) is 8.37. The molecule has 1 atom stereocenters. The van der Waals surface area contributed by atoms with Crippen LogP contribution in [0.15, 0.2) is 51.6 Å². The molecule has 0 aliphatic heterocycles. The Morgan fingerprint density at radius 3 is 2.38 bits per heavy atom. The highest BCUT2D eigenvalue weighted by atomic mass is 79.9. The number of hydrogen-bond acceptors (Lipinski definition) is 3. The number of anilines is 1. The van der Waals surface area contributed by atoms with Crippen LogP contribution in [0.3, 0.4) is 0 Å². The molecule has 1 heterocycles. The lowest BCUT2D eigenvalue weighted by Crippen LogP contribution is -2.56. The van der Waals surface area contributed by atoms with Crippen molar-refractivity contribution < 1.29 is 9.21 Å². The molecule has 128 valence electrons. The maximum atomic E-state index is 12.1. The standard InChI is InChI=1S/C14H11BrCl3N3O2S/c15-8-3-5-9(6-4-8)19-13(24)21-12(14(16,17)18)20-11(22)10-2-1-7-23-10/h1-7,12H,(H,20,22)(H2,19,21,24)/t12-/m0/s1. The molecule has 0 radical (unpaired) electrons. The maximum Gasteiger partial charge on any atom is 0.288 e. The lowest BCUT2D eigenvalue weighted by molar-refractivity contribution is 0.0906. The number of hydrogen-bond donors (Lipinski definition) is 3. The van der Waals surface area contributed by atoms with E-state index in [1.165, 1.54) is 12.3 Å². The van der Waals surface area contributed by atoms with Gasteiger partial charge in [0.15, 0.2) is 10.9 Å². The SMILES string of the molecule is O=C(N[C@@H](NC(=S)Nc1ccc(Br)cc1)C(Cl)(Cl)Cl)c1ccco1. The summed E-state index contributed by atoms with van der Waals surface area (Å²) in [6, 6.07) is 10.4. The van der Waals surface area contributed by atoms with Crippen LogP contribution >= 0.6 is 63.0 Å². The van der Waals surface area contributed by atoms with E-state index in [0.717, 1.165) is 10.2 Å². The molecule has 1 amide bonds. The van der Waals surface area contributed by atoms with E-state index in [4.69, 9.17) is 51.4 Å². The number of thiocarbonyl (C=S) groups is 1. The molecule has 0 saturated heterocycles. The van der Waals surface area contributed by atoms with Gasteiger partial charge in [0, 0.05) is 10.2 Å². The molecule has 0 fully saturated rings. The molecule has 5 nitrogen and oxygen atoms in total. The van der Waals surface area contributed by atoms with Crippen molar-refractivity contribution in [1.29, 1.82) is 0 Å². The third kappa shape index (κ3) is 5.82. The summed E-state index contributed by atoms with van der Waals surface area (Å²) < 4.78 is 4.09. The number of rotatable bonds is 4. The highest BCUT2D eigenvalue weighted by Gasteiger charge is 2.35. The van der Waals surface area contributed by atoms with Crippen LogP contribution in [0.25, 0.3) is 0 Å². The van der Waals surface area contributed by atoms with Crippen molar-refractivity contribution in [3.8, 4) is 0 Å². The smallest absolute Gasteiger partial charge is 0.288 e. The van der Waals surface area contributed by atoms with Gasteiger partial charge in [-0.05, 0) is 48.6 Å². The average molecular weight is 472 g/mol. The molecule has 1 aromatic carbocycles. The van der Waals surface area contributed by atoms with E-state index in [0.29, 0.717) is 0 Å². The fourth-order valence-corrected chi connectivity index (χ4v) is 2.47. The van der Waals surface area contributed by atoms with Gasteiger partial charge in [0.1, 0.15) is 6.17 Å². The first kappa shape index (κ1) is 19.3. The summed E-state index contributed by atoms with van der Waals surface area (Å²) in [5.41, 5.74) is 0.733. The minimum absolute atomic E-state index is 0.0860. The van der Waals surface area contributed by atoms with Crippen LogP contribution in [-0.2, 0) is 0 Å². The summed E-state index contributed by atoms with van der Waals surface area (Å²) in [6.07, 6.45) is 0.294. The molecule has 0 spiro atoms. The highest BCUT2D eigenvalue weighted by molar-refractivity contribution is 9.10. The molecular formula is C14H11BrCl3N3O2S. The molecule has 2 rings (SSSR count). The molecule has 3 N–H and O–H groups in total. The number of furan rings is 1. The topological polar surface area (TPSA) is 66.3 Å². The first-order chi connectivity index (χ1) is 11.3. The van der Waals surface area contributed by atoms with Crippen LogP contribution in [-0.4, -0.2) is 21.0 Å². The van der Waals surface area contributed by atoms with E-state index in [9.17, 15) is 4.79 Å². The van der Waals surface area contributed by atoms with Crippen molar-refractivity contribution in [1.82, 2.24) is 10.6 Å². The van der Waals surface area contributed by atoms with Crippen LogP contribution in [0.4, 0.5) is 5.69 Å². The fraction of sp³-hybridized carbons (Fsp3) is 0.143. The van der Waals surface area contributed by atoms with Crippen molar-refractivity contribution in [2.45, 2.75) is 9.96 Å². The summed E-state index contributed by atoms with van der Waals surface area (Å²) in [4.78, 5) is 12.1. The number of alkyl halides is 3. The largest absolute Gasteiger partial charge is 0.459 e. The van der Waals surface area contributed by atoms with Gasteiger partial charge in [0.25, 0.3) is 5.91 Å². The van der Waals surface area contributed by atoms with Crippen LogP contribution in [0.1, 0.15) is 10.6 Å². The zero-order valence-electron chi connectivity index (χ0n) is 11.9. The van der Waals surface area contributed by atoms with E-state index in [2.05, 4.69) is 31.9 Å². The Labute approximate surface area is 167 Å². The first-order valence-corrected chi connectivity index (χ1v) is 8.83. The third-order valence-corrected chi connectivity index (χ3v) is 4.13. The second-order valence-corrected chi connectivity index (χ2v) is 8.22. The van der Waals surface area contributed by atoms with Crippen molar-refractivity contribution in [2.24, 2.45) is 0 Å². The van der Waals surface area contributed by atoms with Crippen molar-refractivity contribution in [3.05, 3.63) is 52.9 Å². The molecule has 24 heavy (non-hydrogen) atoms. The van der Waals surface area contributed by atoms with Crippen molar-refractivity contribution in [3.63, 3.8) is 0 Å². The Morgan fingerprint density at radius 2 is 1.83 bits per heavy atom. The monoisotopic (exact) mass is 469 g/mol. The molecule has 0 bridgehead atoms. The number of carbonyl (C=O) groups is 1. The van der Waals surface area contributed by atoms with Gasteiger partial charge in [-0.1, -0.05) is 50.7 Å². The van der Waals surface area contributed by atoms with Crippen molar-refractivity contribution in [2.75, 3.05) is 5.32 Å². The van der Waals surface area contributed by atoms with Gasteiger partial charge in [0.05, 0.1) is 6.26 Å². The Hall–Kier alpha value is -0.990. The summed E-state index contributed by atoms with van der Waals surface area (Å²) in [5.74, 6) is -0.460. The zero-order valence-corrected chi connectivity index (χ0v) is 16.5. The fourth-order valence-electron chi connectivity index (χ4n) is 1.64. The zero-order chi connectivity index (χ0) is 17.7. The third-order valence-electron chi connectivity index (χ3n) is 2.73. The van der Waals surface area contributed by atoms with Crippen molar-refractivity contribution >= 4 is 79.7 Å². The van der Waals surface area contributed by atoms with E-state index >= 15 is 0 Å². The Balaban J connectivity index is 2.01. The predicted octanol–water partition coefficient (Wildman–Crippen LogP) is 4.45. The average Bonchev–Trinajstić information content (AvgIpc) is 3.02. The molecular weight excluding hydrogens is 461 g/mol. The van der Waals surface area contributed by atoms with Gasteiger partial charge in [-0.2, -0.15) is 0 Å². The van der Waals surface area contributed by atoms with Crippen LogP contribution in [0.2, 0.25) is 0 Å². The van der Waals surface area contributed by atoms with Gasteiger partial charge in [0.2, 0.25) is 3.79 Å². The summed E-state index contributed by atoms with van der Waals surface area (Å²) in [7, 11) is 0. The van der Waals surface area contributed by atoms with Gasteiger partial charge >= 0.3 is 0 Å². The Bertz CT molecular complexity index is 705. The Kier molecular flexibility index (Phi) is 6.77. The lowest BCUT2D eigenvalue weighted by Gasteiger charge is -2.27. The second-order valence-electron chi connectivity index (χ2n) is 4.53. The maximum absolute atomic E-state index is 12.1. The van der Waals surface area contributed by atoms with E-state index < -0.39 is 15.9 Å². The minimum Gasteiger partial charge on any atom is -0.459 e. The Morgan fingerprint density at radius 1 is 1.17 bits per heavy atom. The molecule has 0 aliphatic rings. The van der Waals surface area contributed by atoms with E-state index in [1.807, 2.05) is 24.3 Å². The molecule has 10 heteroatoms. The van der Waals surface area contributed by atoms with Crippen LogP contribution < -0.4 is 16.0 Å². The van der Waals surface area contributed by atoms with Gasteiger partial charge in [-0.3, -0.25) is 4.79 Å². The van der Waals surface area contributed by atoms with Gasteiger partial charge in [-0.25, -0.2) is 0 Å². The molecule has 0 unspecified atom stereocenters. The normalized spacial score (nSPS) is 12.3. The quantitative estimate of drug-likeness (QED) is 0.349. The number of nitrogens with one attached hydrogen (secondary N) is 3. The predicted molar refractivity (Wildman–Crippen MR) is 104 cm³/mol. The summed E-state index contributed by atoms with van der Waals surface area (Å²) in [6.45, 7) is 0. The molecule has 0 aliphatic carbocycles. The summed E-state index contributed by atoms with van der Waals surface area (Å²) >= 11 is 26.2. The number of carbonyl (C=O) groups excluding carboxylic acids is 1. The lowest BCUT2D eigenvalue weighted by atomic mass is 10.3. The molecule has 2 aromatic rings. The van der Waals surface area contributed by atoms with Gasteiger partial charge in [-0.15, -0.1) is 0 Å².